The highest BCUT2D eigenvalue weighted by Gasteiger charge is 2.08. The van der Waals surface area contributed by atoms with Gasteiger partial charge in [0.05, 0.1) is 16.8 Å². The van der Waals surface area contributed by atoms with Crippen LogP contribution in [-0.4, -0.2) is 21.6 Å². The molecule has 0 saturated heterocycles. The summed E-state index contributed by atoms with van der Waals surface area (Å²) in [7, 11) is 0. The maximum absolute atomic E-state index is 12.1. The molecule has 4 nitrogen and oxygen atoms in total. The highest BCUT2D eigenvalue weighted by atomic mass is 32.2. The number of amides is 1. The van der Waals surface area contributed by atoms with Crippen LogP contribution in [0.15, 0.2) is 53.7 Å². The van der Waals surface area contributed by atoms with E-state index >= 15 is 0 Å². The quantitative estimate of drug-likeness (QED) is 0.683. The molecule has 5 heteroatoms. The van der Waals surface area contributed by atoms with Gasteiger partial charge >= 0.3 is 0 Å². The van der Waals surface area contributed by atoms with E-state index in [-0.39, 0.29) is 5.91 Å². The molecule has 0 aliphatic rings. The van der Waals surface area contributed by atoms with Crippen molar-refractivity contribution in [1.29, 1.82) is 0 Å². The summed E-state index contributed by atoms with van der Waals surface area (Å²) in [5.74, 6) is 0.735. The van der Waals surface area contributed by atoms with Crippen LogP contribution in [-0.2, 0) is 4.79 Å². The molecule has 0 radical (unpaired) electrons. The number of carbonyl (C=O) groups excluding carboxylic acids is 1. The lowest BCUT2D eigenvalue weighted by Crippen LogP contribution is -2.14. The van der Waals surface area contributed by atoms with Gasteiger partial charge in [0.15, 0.2) is 5.16 Å². The van der Waals surface area contributed by atoms with E-state index < -0.39 is 0 Å². The van der Waals surface area contributed by atoms with Gasteiger partial charge in [-0.25, -0.2) is 4.98 Å². The third-order valence-electron chi connectivity index (χ3n) is 3.54. The van der Waals surface area contributed by atoms with Crippen molar-refractivity contribution in [2.24, 2.45) is 0 Å². The standard InChI is InChI=1S/C18H19N3OS/c1-12(2)13-6-5-7-14(10-13)19-17(22)11-23-18-20-15-8-3-4-9-16(15)21-18/h3-10,12H,11H2,1-2H3,(H,19,22)(H,20,21). The fourth-order valence-electron chi connectivity index (χ4n) is 2.30. The van der Waals surface area contributed by atoms with E-state index in [9.17, 15) is 4.79 Å². The number of nitrogens with one attached hydrogen (secondary N) is 2. The predicted octanol–water partition coefficient (Wildman–Crippen LogP) is 4.42. The number of carbonyl (C=O) groups is 1. The van der Waals surface area contributed by atoms with E-state index in [1.165, 1.54) is 17.3 Å². The molecule has 0 fully saturated rings. The number of thioether (sulfide) groups is 1. The van der Waals surface area contributed by atoms with Crippen LogP contribution in [0.2, 0.25) is 0 Å². The summed E-state index contributed by atoms with van der Waals surface area (Å²) < 4.78 is 0. The summed E-state index contributed by atoms with van der Waals surface area (Å²) in [5, 5.41) is 3.70. The first-order valence-corrected chi connectivity index (χ1v) is 8.58. The van der Waals surface area contributed by atoms with Gasteiger partial charge in [-0.1, -0.05) is 49.9 Å². The lowest BCUT2D eigenvalue weighted by molar-refractivity contribution is -0.113. The van der Waals surface area contributed by atoms with Crippen LogP contribution in [0, 0.1) is 0 Å². The molecule has 2 N–H and O–H groups in total. The van der Waals surface area contributed by atoms with Gasteiger partial charge < -0.3 is 10.3 Å². The van der Waals surface area contributed by atoms with Crippen LogP contribution < -0.4 is 5.32 Å². The average Bonchev–Trinajstić information content (AvgIpc) is 2.96. The molecule has 118 valence electrons. The number of hydrogen-bond acceptors (Lipinski definition) is 3. The Bertz CT molecular complexity index is 793. The molecule has 2 aromatic carbocycles. The Hall–Kier alpha value is -2.27. The number of aromatic nitrogens is 2. The Morgan fingerprint density at radius 1 is 1.22 bits per heavy atom. The van der Waals surface area contributed by atoms with Crippen molar-refractivity contribution >= 4 is 34.4 Å². The molecule has 3 aromatic rings. The smallest absolute Gasteiger partial charge is 0.234 e. The first-order valence-electron chi connectivity index (χ1n) is 7.59. The molecule has 1 aromatic heterocycles. The molecule has 0 atom stereocenters. The van der Waals surface area contributed by atoms with Crippen molar-refractivity contribution in [2.45, 2.75) is 24.9 Å². The van der Waals surface area contributed by atoms with Gasteiger partial charge in [0.2, 0.25) is 5.91 Å². The molecule has 3 rings (SSSR count). The van der Waals surface area contributed by atoms with Gasteiger partial charge in [-0.2, -0.15) is 0 Å². The zero-order chi connectivity index (χ0) is 16.2. The van der Waals surface area contributed by atoms with Gasteiger partial charge in [0, 0.05) is 5.69 Å². The Balaban J connectivity index is 1.60. The second-order valence-electron chi connectivity index (χ2n) is 5.68. The summed E-state index contributed by atoms with van der Waals surface area (Å²) in [4.78, 5) is 19.8. The number of hydrogen-bond donors (Lipinski definition) is 2. The minimum atomic E-state index is -0.0311. The molecule has 0 saturated carbocycles. The number of rotatable bonds is 5. The van der Waals surface area contributed by atoms with Crippen LogP contribution in [0.4, 0.5) is 5.69 Å². The molecule has 23 heavy (non-hydrogen) atoms. The van der Waals surface area contributed by atoms with E-state index in [0.717, 1.165) is 21.9 Å². The third-order valence-corrected chi connectivity index (χ3v) is 4.42. The number of aromatic amines is 1. The van der Waals surface area contributed by atoms with E-state index in [0.29, 0.717) is 11.7 Å². The normalized spacial score (nSPS) is 11.1. The Kier molecular flexibility index (Phi) is 4.67. The molecule has 0 spiro atoms. The van der Waals surface area contributed by atoms with Crippen molar-refractivity contribution in [3.05, 3.63) is 54.1 Å². The van der Waals surface area contributed by atoms with Gasteiger partial charge in [-0.15, -0.1) is 0 Å². The maximum Gasteiger partial charge on any atom is 0.234 e. The molecule has 1 heterocycles. The lowest BCUT2D eigenvalue weighted by atomic mass is 10.0. The number of imidazole rings is 1. The van der Waals surface area contributed by atoms with E-state index in [1.54, 1.807) is 0 Å². The molecule has 0 aliphatic heterocycles. The topological polar surface area (TPSA) is 57.8 Å². The SMILES string of the molecule is CC(C)c1cccc(NC(=O)CSc2nc3ccccc3[nH]2)c1. The van der Waals surface area contributed by atoms with Gasteiger partial charge in [0.1, 0.15) is 0 Å². The first-order chi connectivity index (χ1) is 11.1. The van der Waals surface area contributed by atoms with Crippen LogP contribution in [0.25, 0.3) is 11.0 Å². The number of benzene rings is 2. The highest BCUT2D eigenvalue weighted by Crippen LogP contribution is 2.21. The summed E-state index contributed by atoms with van der Waals surface area (Å²) in [6.45, 7) is 4.27. The van der Waals surface area contributed by atoms with Gasteiger partial charge in [-0.3, -0.25) is 4.79 Å². The molecule has 0 aliphatic carbocycles. The Morgan fingerprint density at radius 2 is 2.04 bits per heavy atom. The van der Waals surface area contributed by atoms with Gasteiger partial charge in [-0.05, 0) is 35.7 Å². The largest absolute Gasteiger partial charge is 0.333 e. The first kappa shape index (κ1) is 15.6. The zero-order valence-electron chi connectivity index (χ0n) is 13.2. The summed E-state index contributed by atoms with van der Waals surface area (Å²) in [6, 6.07) is 15.8. The van der Waals surface area contributed by atoms with Crippen molar-refractivity contribution < 1.29 is 4.79 Å². The lowest BCUT2D eigenvalue weighted by Gasteiger charge is -2.09. The van der Waals surface area contributed by atoms with Crippen LogP contribution in [0.1, 0.15) is 25.3 Å². The van der Waals surface area contributed by atoms with Crippen LogP contribution in [0.3, 0.4) is 0 Å². The minimum absolute atomic E-state index is 0.0311. The number of fused-ring (bicyclic) bond motifs is 1. The maximum atomic E-state index is 12.1. The van der Waals surface area contributed by atoms with E-state index in [2.05, 4.69) is 35.2 Å². The van der Waals surface area contributed by atoms with Crippen LogP contribution >= 0.6 is 11.8 Å². The second kappa shape index (κ2) is 6.87. The Labute approximate surface area is 139 Å². The fourth-order valence-corrected chi connectivity index (χ4v) is 2.99. The number of H-pyrrole nitrogens is 1. The molecule has 0 bridgehead atoms. The van der Waals surface area contributed by atoms with Gasteiger partial charge in [0.25, 0.3) is 0 Å². The molecular weight excluding hydrogens is 306 g/mol. The fraction of sp³-hybridized carbons (Fsp3) is 0.222. The summed E-state index contributed by atoms with van der Waals surface area (Å²) in [5.41, 5.74) is 3.96. The third kappa shape index (κ3) is 3.93. The average molecular weight is 325 g/mol. The summed E-state index contributed by atoms with van der Waals surface area (Å²) >= 11 is 1.41. The monoisotopic (exact) mass is 325 g/mol. The molecule has 0 unspecified atom stereocenters. The number of anilines is 1. The number of nitrogens with zero attached hydrogens (tertiary/aromatic N) is 1. The van der Waals surface area contributed by atoms with Crippen molar-refractivity contribution in [2.75, 3.05) is 11.1 Å². The highest BCUT2D eigenvalue weighted by molar-refractivity contribution is 7.99. The summed E-state index contributed by atoms with van der Waals surface area (Å²) in [6.07, 6.45) is 0. The van der Waals surface area contributed by atoms with E-state index in [4.69, 9.17) is 0 Å². The number of para-hydroxylation sites is 2. The molecule has 1 amide bonds. The zero-order valence-corrected chi connectivity index (χ0v) is 14.0. The minimum Gasteiger partial charge on any atom is -0.333 e. The van der Waals surface area contributed by atoms with Crippen molar-refractivity contribution in [3.8, 4) is 0 Å². The van der Waals surface area contributed by atoms with Crippen LogP contribution in [0.5, 0.6) is 0 Å². The van der Waals surface area contributed by atoms with Crippen molar-refractivity contribution in [3.63, 3.8) is 0 Å². The second-order valence-corrected chi connectivity index (χ2v) is 6.64. The van der Waals surface area contributed by atoms with E-state index in [1.807, 2.05) is 42.5 Å². The van der Waals surface area contributed by atoms with Crippen molar-refractivity contribution in [1.82, 2.24) is 9.97 Å². The predicted molar refractivity (Wildman–Crippen MR) is 96.0 cm³/mol. The Morgan fingerprint density at radius 3 is 2.83 bits per heavy atom. The molecular formula is C18H19N3OS.